The molecule has 0 spiro atoms. The summed E-state index contributed by atoms with van der Waals surface area (Å²) < 4.78 is 104. The number of rotatable bonds is 15. The lowest BCUT2D eigenvalue weighted by Gasteiger charge is -2.34. The zero-order valence-corrected chi connectivity index (χ0v) is 76.1. The van der Waals surface area contributed by atoms with Crippen LogP contribution in [-0.2, 0) is 58.7 Å². The third kappa shape index (κ3) is 20.2. The minimum absolute atomic E-state index is 0.135. The highest BCUT2D eigenvalue weighted by Crippen LogP contribution is 2.51. The fourth-order valence-corrected chi connectivity index (χ4v) is 21.9. The Morgan fingerprint density at radius 3 is 0.889 bits per heavy atom. The average Bonchev–Trinajstić information content (AvgIpc) is 1.59. The van der Waals surface area contributed by atoms with Gasteiger partial charge >= 0.3 is 0 Å². The Balaban J connectivity index is 0.000000139. The first-order chi connectivity index (χ1) is 59.8. The molecule has 3 aliphatic carbocycles. The number of anilines is 9. The molecule has 33 nitrogen and oxygen atoms in total. The summed E-state index contributed by atoms with van der Waals surface area (Å²) in [5.41, 5.74) is 0.479. The lowest BCUT2D eigenvalue weighted by Crippen LogP contribution is -2.41. The number of nitrogens with zero attached hydrogens (tertiary/aromatic N) is 12. The second-order valence-electron chi connectivity index (χ2n) is 39.3. The first-order valence-electron chi connectivity index (χ1n) is 44.8. The van der Waals surface area contributed by atoms with Crippen LogP contribution in [0.2, 0.25) is 0 Å². The van der Waals surface area contributed by atoms with Gasteiger partial charge in [0, 0.05) is 115 Å². The number of fused-ring (bicyclic) bond motifs is 18. The Kier molecular flexibility index (Phi) is 25.2. The van der Waals surface area contributed by atoms with Crippen molar-refractivity contribution in [2.75, 3.05) is 124 Å². The van der Waals surface area contributed by atoms with E-state index in [0.717, 1.165) is 77.0 Å². The highest BCUT2D eigenvalue weighted by Gasteiger charge is 2.48. The Bertz CT molecular complexity index is 5000. The molecule has 6 amide bonds. The summed E-state index contributed by atoms with van der Waals surface area (Å²) in [5.74, 6) is 2.06. The summed E-state index contributed by atoms with van der Waals surface area (Å²) in [6.45, 7) is 26.4. The molecule has 6 atom stereocenters. The maximum Gasteiger partial charge on any atom is 0.281 e. The Labute approximate surface area is 738 Å². The van der Waals surface area contributed by atoms with Crippen molar-refractivity contribution in [3.05, 3.63) is 108 Å². The summed E-state index contributed by atoms with van der Waals surface area (Å²) in [6.07, 6.45) is 18.5. The quantitative estimate of drug-likeness (QED) is 0.0556. The van der Waals surface area contributed by atoms with Crippen LogP contribution in [0.1, 0.15) is 228 Å². The van der Waals surface area contributed by atoms with Gasteiger partial charge in [-0.2, -0.15) is 25.3 Å². The molecule has 3 saturated carbocycles. The molecule has 0 radical (unpaired) electrons. The van der Waals surface area contributed by atoms with E-state index in [9.17, 15) is 54.0 Å². The number of aromatic nitrogens is 6. The number of carbonyl (C=O) groups is 6. The van der Waals surface area contributed by atoms with Crippen LogP contribution in [0.4, 0.5) is 52.4 Å². The smallest absolute Gasteiger partial charge is 0.281 e. The van der Waals surface area contributed by atoms with Gasteiger partial charge in [-0.05, 0) is 264 Å². The summed E-state index contributed by atoms with van der Waals surface area (Å²) >= 11 is 0. The van der Waals surface area contributed by atoms with E-state index in [-0.39, 0.29) is 66.1 Å². The highest BCUT2D eigenvalue weighted by atomic mass is 32.2. The molecule has 126 heavy (non-hydrogen) atoms. The molecule has 6 saturated heterocycles. The first kappa shape index (κ1) is 89.6. The van der Waals surface area contributed by atoms with Gasteiger partial charge in [0.1, 0.15) is 70.7 Å². The van der Waals surface area contributed by atoms with E-state index in [1.807, 2.05) is 0 Å². The normalized spacial score (nSPS) is 26.1. The molecule has 6 aromatic heterocycles. The number of carbonyl (C=O) groups excluding carboxylic acids is 6. The van der Waals surface area contributed by atoms with Crippen molar-refractivity contribution in [2.24, 2.45) is 34.0 Å². The van der Waals surface area contributed by atoms with Crippen molar-refractivity contribution in [3.8, 4) is 0 Å². The molecule has 678 valence electrons. The molecule has 0 aromatic carbocycles. The molecule has 12 bridgehead atoms. The van der Waals surface area contributed by atoms with Gasteiger partial charge in [0.15, 0.2) is 15.1 Å². The van der Waals surface area contributed by atoms with Crippen LogP contribution in [0.3, 0.4) is 0 Å². The van der Waals surface area contributed by atoms with Gasteiger partial charge in [0.2, 0.25) is 0 Å². The van der Waals surface area contributed by atoms with E-state index in [2.05, 4.69) is 122 Å². The van der Waals surface area contributed by atoms with E-state index in [4.69, 9.17) is 29.2 Å². The summed E-state index contributed by atoms with van der Waals surface area (Å²) in [4.78, 5) is 119. The number of hydrogen-bond donors (Lipinski definition) is 6. The topological polar surface area (TPSA) is 401 Å². The number of sulfonamides is 3. The molecule has 3 unspecified atom stereocenters. The summed E-state index contributed by atoms with van der Waals surface area (Å²) in [7, 11) is -12.7. The monoisotopic (exact) mass is 1790 g/mol. The van der Waals surface area contributed by atoms with Crippen molar-refractivity contribution >= 4 is 118 Å². The number of nitrogens with one attached hydrogen (secondary N) is 6. The Hall–Kier alpha value is -9.75. The van der Waals surface area contributed by atoms with Crippen molar-refractivity contribution in [1.82, 2.24) is 44.1 Å². The van der Waals surface area contributed by atoms with Crippen molar-refractivity contribution < 1.29 is 68.2 Å². The van der Waals surface area contributed by atoms with Gasteiger partial charge in [0.25, 0.3) is 65.5 Å². The SMILES string of the molecule is CC1(CCOC2CCN(c3ccc4c(n3)N3C[C@@H](CCCNc5cccc(n5)S(=O)(=O)NC4=O)CC3(C)C)C2=O)CC1.CC1(CCOC2CCN(c3ccc4c(n3)N3C[C@@H](CCCNc5cccc(n5)S(=O)(=O)NC4=O)CC3(C)C)C2=O)CC1.CC1(CCOC2CCN(c3ccc4c(n3)N3C[C@@H](CCCNc5cccc(n5)S(=O)(=O)NC4=O)CC3(C)C)C2=O)CC1. The van der Waals surface area contributed by atoms with Gasteiger partial charge in [-0.3, -0.25) is 43.5 Å². The second kappa shape index (κ2) is 35.4. The minimum atomic E-state index is -4.25. The van der Waals surface area contributed by atoms with Crippen LogP contribution in [0, 0.1) is 34.0 Å². The fourth-order valence-electron chi connectivity index (χ4n) is 19.1. The van der Waals surface area contributed by atoms with Gasteiger partial charge < -0.3 is 44.9 Å². The Morgan fingerprint density at radius 2 is 0.627 bits per heavy atom. The summed E-state index contributed by atoms with van der Waals surface area (Å²) in [6, 6.07) is 23.6. The lowest BCUT2D eigenvalue weighted by molar-refractivity contribution is -0.128. The number of ether oxygens (including phenoxy) is 3. The lowest BCUT2D eigenvalue weighted by atomic mass is 9.93. The van der Waals surface area contributed by atoms with Crippen molar-refractivity contribution in [3.63, 3.8) is 0 Å². The van der Waals surface area contributed by atoms with E-state index < -0.39 is 66.1 Å². The maximum absolute atomic E-state index is 13.6. The van der Waals surface area contributed by atoms with Gasteiger partial charge in [-0.15, -0.1) is 0 Å². The van der Waals surface area contributed by atoms with Gasteiger partial charge in [0.05, 0.1) is 16.7 Å². The number of amides is 6. The van der Waals surface area contributed by atoms with Gasteiger partial charge in [-0.25, -0.2) is 44.1 Å². The van der Waals surface area contributed by atoms with Crippen LogP contribution in [-0.4, -0.2) is 204 Å². The standard InChI is InChI=1S/3C30H40N6O5S/c3*1-29(2)18-20-6-5-15-31-23-7-4-8-25(32-23)42(39,40)34-27(37)21-9-10-24(33-26(21)36(29)19-20)35-16-11-22(28(35)38)41-17-14-30(3)12-13-30/h3*4,7-10,20,22H,5-6,11-19H2,1-3H3,(H,31,32)(H,34,37)/t3*20-,22?/m000/s1. The molecule has 6 aromatic rings. The van der Waals surface area contributed by atoms with Crippen LogP contribution in [0.5, 0.6) is 0 Å². The molecule has 15 heterocycles. The second-order valence-corrected chi connectivity index (χ2v) is 44.2. The number of hydrogen-bond acceptors (Lipinski definition) is 27. The zero-order chi connectivity index (χ0) is 89.1. The van der Waals surface area contributed by atoms with E-state index in [1.165, 1.54) is 56.7 Å². The predicted octanol–water partition coefficient (Wildman–Crippen LogP) is 11.2. The molecule has 9 aliphatic heterocycles. The molecular weight excluding hydrogens is 1670 g/mol. The van der Waals surface area contributed by atoms with Crippen molar-refractivity contribution in [1.29, 1.82) is 0 Å². The molecule has 6 N–H and O–H groups in total. The van der Waals surface area contributed by atoms with Crippen LogP contribution in [0.15, 0.2) is 106 Å². The molecular formula is C90H120N18O15S3. The highest BCUT2D eigenvalue weighted by molar-refractivity contribution is 7.90. The number of pyridine rings is 6. The molecule has 12 aliphatic rings. The zero-order valence-electron chi connectivity index (χ0n) is 73.7. The predicted molar refractivity (Wildman–Crippen MR) is 477 cm³/mol. The van der Waals surface area contributed by atoms with Crippen LogP contribution in [0.25, 0.3) is 0 Å². The van der Waals surface area contributed by atoms with Crippen LogP contribution < -0.4 is 59.5 Å². The fraction of sp³-hybridized carbons (Fsp3) is 0.600. The summed E-state index contributed by atoms with van der Waals surface area (Å²) in [5, 5.41) is 8.89. The first-order valence-corrected chi connectivity index (χ1v) is 49.3. The van der Waals surface area contributed by atoms with Crippen molar-refractivity contribution in [2.45, 2.75) is 247 Å². The van der Waals surface area contributed by atoms with E-state index in [0.29, 0.717) is 184 Å². The Morgan fingerprint density at radius 1 is 0.357 bits per heavy atom. The third-order valence-electron chi connectivity index (χ3n) is 27.6. The van der Waals surface area contributed by atoms with E-state index >= 15 is 0 Å². The minimum Gasteiger partial charge on any atom is -0.370 e. The van der Waals surface area contributed by atoms with E-state index in [1.54, 1.807) is 87.5 Å². The average molecular weight is 1790 g/mol. The molecule has 36 heteroatoms. The third-order valence-corrected chi connectivity index (χ3v) is 31.3. The molecule has 18 rings (SSSR count). The maximum atomic E-state index is 13.6. The molecule has 9 fully saturated rings. The van der Waals surface area contributed by atoms with Gasteiger partial charge in [-0.1, -0.05) is 39.0 Å². The largest absolute Gasteiger partial charge is 0.370 e. The van der Waals surface area contributed by atoms with Crippen LogP contribution >= 0.6 is 0 Å².